The molecule has 5 heteroatoms. The molecule has 1 aromatic carbocycles. The van der Waals surface area contributed by atoms with E-state index >= 15 is 0 Å². The highest BCUT2D eigenvalue weighted by Crippen LogP contribution is 2.22. The van der Waals surface area contributed by atoms with Crippen molar-refractivity contribution in [1.29, 1.82) is 0 Å². The van der Waals surface area contributed by atoms with Crippen LogP contribution in [-0.4, -0.2) is 23.7 Å². The summed E-state index contributed by atoms with van der Waals surface area (Å²) < 4.78 is 0. The van der Waals surface area contributed by atoms with E-state index in [1.807, 2.05) is 26.0 Å². The number of carbonyl (C=O) groups is 1. The second-order valence-electron chi connectivity index (χ2n) is 3.85. The van der Waals surface area contributed by atoms with E-state index < -0.39 is 12.0 Å². The van der Waals surface area contributed by atoms with Gasteiger partial charge in [0.05, 0.1) is 11.4 Å². The molecule has 0 aliphatic carbocycles. The van der Waals surface area contributed by atoms with Gasteiger partial charge < -0.3 is 21.9 Å². The van der Waals surface area contributed by atoms with Gasteiger partial charge in [-0.3, -0.25) is 4.79 Å². The molecule has 1 atom stereocenters. The van der Waals surface area contributed by atoms with Gasteiger partial charge in [0, 0.05) is 6.54 Å². The van der Waals surface area contributed by atoms with Gasteiger partial charge in [0.1, 0.15) is 6.04 Å². The molecule has 0 aromatic heterocycles. The molecule has 0 fully saturated rings. The Balaban J connectivity index is 2.74. The lowest BCUT2D eigenvalue weighted by atomic mass is 10.1. The molecule has 0 amide bonds. The molecule has 0 saturated carbocycles. The van der Waals surface area contributed by atoms with E-state index in [-0.39, 0.29) is 6.54 Å². The largest absolute Gasteiger partial charge is 0.480 e. The van der Waals surface area contributed by atoms with Gasteiger partial charge in [-0.25, -0.2) is 0 Å². The van der Waals surface area contributed by atoms with E-state index in [1.165, 1.54) is 0 Å². The predicted octanol–water partition coefficient (Wildman–Crippen LogP) is 0.709. The minimum Gasteiger partial charge on any atom is -0.480 e. The van der Waals surface area contributed by atoms with Crippen LogP contribution in [-0.2, 0) is 4.79 Å². The number of carboxylic acid groups (broad SMARTS) is 1. The molecule has 1 aromatic rings. The van der Waals surface area contributed by atoms with Crippen LogP contribution in [0, 0.1) is 13.8 Å². The van der Waals surface area contributed by atoms with E-state index in [1.54, 1.807) is 0 Å². The van der Waals surface area contributed by atoms with Gasteiger partial charge >= 0.3 is 5.97 Å². The topological polar surface area (TPSA) is 101 Å². The molecule has 0 aliphatic rings. The van der Waals surface area contributed by atoms with Crippen molar-refractivity contribution in [2.24, 2.45) is 5.73 Å². The highest BCUT2D eigenvalue weighted by molar-refractivity contribution is 5.75. The summed E-state index contributed by atoms with van der Waals surface area (Å²) >= 11 is 0. The Hall–Kier alpha value is -1.75. The zero-order chi connectivity index (χ0) is 12.3. The summed E-state index contributed by atoms with van der Waals surface area (Å²) in [6.07, 6.45) is 0. The van der Waals surface area contributed by atoms with Gasteiger partial charge in [-0.2, -0.15) is 0 Å². The quantitative estimate of drug-likeness (QED) is 0.563. The summed E-state index contributed by atoms with van der Waals surface area (Å²) in [7, 11) is 0. The molecule has 0 saturated heterocycles. The normalized spacial score (nSPS) is 12.2. The molecule has 0 bridgehead atoms. The molecule has 88 valence electrons. The zero-order valence-corrected chi connectivity index (χ0v) is 9.45. The summed E-state index contributed by atoms with van der Waals surface area (Å²) in [5, 5.41) is 11.6. The number of aliphatic carboxylic acids is 1. The summed E-state index contributed by atoms with van der Waals surface area (Å²) in [6.45, 7) is 4.09. The third kappa shape index (κ3) is 2.87. The molecule has 1 rings (SSSR count). The van der Waals surface area contributed by atoms with Crippen molar-refractivity contribution in [2.75, 3.05) is 17.6 Å². The number of hydrogen-bond acceptors (Lipinski definition) is 4. The van der Waals surface area contributed by atoms with Crippen LogP contribution in [0.2, 0.25) is 0 Å². The summed E-state index contributed by atoms with van der Waals surface area (Å²) in [5.74, 6) is -1.03. The molecule has 0 heterocycles. The third-order valence-corrected chi connectivity index (χ3v) is 2.50. The molecule has 0 spiro atoms. The molecule has 0 aliphatic heterocycles. The fourth-order valence-electron chi connectivity index (χ4n) is 1.30. The number of nitrogens with two attached hydrogens (primary N) is 2. The number of anilines is 2. The van der Waals surface area contributed by atoms with Crippen molar-refractivity contribution in [3.8, 4) is 0 Å². The average molecular weight is 223 g/mol. The lowest BCUT2D eigenvalue weighted by Gasteiger charge is -2.13. The lowest BCUT2D eigenvalue weighted by molar-refractivity contribution is -0.138. The SMILES string of the molecule is Cc1cc(N)c(NC[C@H](N)C(=O)O)cc1C. The first-order valence-electron chi connectivity index (χ1n) is 5.00. The van der Waals surface area contributed by atoms with Crippen molar-refractivity contribution in [3.05, 3.63) is 23.3 Å². The maximum absolute atomic E-state index is 10.5. The van der Waals surface area contributed by atoms with Crippen LogP contribution < -0.4 is 16.8 Å². The third-order valence-electron chi connectivity index (χ3n) is 2.50. The van der Waals surface area contributed by atoms with E-state index in [9.17, 15) is 4.79 Å². The Morgan fingerprint density at radius 1 is 1.44 bits per heavy atom. The Morgan fingerprint density at radius 3 is 2.56 bits per heavy atom. The van der Waals surface area contributed by atoms with Gasteiger partial charge in [-0.1, -0.05) is 0 Å². The van der Waals surface area contributed by atoms with Crippen LogP contribution in [0.3, 0.4) is 0 Å². The summed E-state index contributed by atoms with van der Waals surface area (Å²) in [6, 6.07) is 2.81. The van der Waals surface area contributed by atoms with Crippen molar-refractivity contribution >= 4 is 17.3 Å². The number of nitrogens with one attached hydrogen (secondary N) is 1. The van der Waals surface area contributed by atoms with E-state index in [2.05, 4.69) is 5.32 Å². The molecule has 5 nitrogen and oxygen atoms in total. The second-order valence-corrected chi connectivity index (χ2v) is 3.85. The van der Waals surface area contributed by atoms with Gasteiger partial charge in [-0.05, 0) is 37.1 Å². The minimum atomic E-state index is -1.03. The highest BCUT2D eigenvalue weighted by Gasteiger charge is 2.11. The Labute approximate surface area is 94.4 Å². The van der Waals surface area contributed by atoms with Crippen LogP contribution in [0.25, 0.3) is 0 Å². The lowest BCUT2D eigenvalue weighted by Crippen LogP contribution is -2.37. The van der Waals surface area contributed by atoms with Crippen LogP contribution >= 0.6 is 0 Å². The molecular formula is C11H17N3O2. The molecule has 0 unspecified atom stereocenters. The van der Waals surface area contributed by atoms with Crippen LogP contribution in [0.5, 0.6) is 0 Å². The van der Waals surface area contributed by atoms with Gasteiger partial charge in [0.2, 0.25) is 0 Å². The minimum absolute atomic E-state index is 0.155. The van der Waals surface area contributed by atoms with Gasteiger partial charge in [0.25, 0.3) is 0 Å². The second kappa shape index (κ2) is 4.85. The van der Waals surface area contributed by atoms with E-state index in [4.69, 9.17) is 16.6 Å². The fourth-order valence-corrected chi connectivity index (χ4v) is 1.30. The van der Waals surface area contributed by atoms with Crippen molar-refractivity contribution in [3.63, 3.8) is 0 Å². The van der Waals surface area contributed by atoms with Gasteiger partial charge in [0.15, 0.2) is 0 Å². The highest BCUT2D eigenvalue weighted by atomic mass is 16.4. The number of rotatable bonds is 4. The van der Waals surface area contributed by atoms with Crippen molar-refractivity contribution in [2.45, 2.75) is 19.9 Å². The number of benzene rings is 1. The average Bonchev–Trinajstić information content (AvgIpc) is 2.20. The van der Waals surface area contributed by atoms with Crippen molar-refractivity contribution < 1.29 is 9.90 Å². The van der Waals surface area contributed by atoms with E-state index in [0.29, 0.717) is 5.69 Å². The maximum atomic E-state index is 10.5. The molecular weight excluding hydrogens is 206 g/mol. The summed E-state index contributed by atoms with van der Waals surface area (Å²) in [4.78, 5) is 10.5. The smallest absolute Gasteiger partial charge is 0.322 e. The number of hydrogen-bond donors (Lipinski definition) is 4. The number of carboxylic acids is 1. The predicted molar refractivity (Wildman–Crippen MR) is 64.4 cm³/mol. The maximum Gasteiger partial charge on any atom is 0.322 e. The van der Waals surface area contributed by atoms with Crippen LogP contribution in [0.1, 0.15) is 11.1 Å². The Bertz CT molecular complexity index is 404. The first-order valence-corrected chi connectivity index (χ1v) is 5.00. The van der Waals surface area contributed by atoms with E-state index in [0.717, 1.165) is 16.8 Å². The Kier molecular flexibility index (Phi) is 3.73. The fraction of sp³-hybridized carbons (Fsp3) is 0.364. The monoisotopic (exact) mass is 223 g/mol. The molecule has 16 heavy (non-hydrogen) atoms. The summed E-state index contributed by atoms with van der Waals surface area (Å²) in [5.41, 5.74) is 14.7. The molecule has 0 radical (unpaired) electrons. The van der Waals surface area contributed by atoms with Crippen LogP contribution in [0.15, 0.2) is 12.1 Å². The standard InChI is InChI=1S/C11H17N3O2/c1-6-3-8(12)10(4-7(6)2)14-5-9(13)11(15)16/h3-4,9,14H,5,12-13H2,1-2H3,(H,15,16)/t9-/m0/s1. The number of nitrogen functional groups attached to an aromatic ring is 1. The van der Waals surface area contributed by atoms with Crippen LogP contribution in [0.4, 0.5) is 11.4 Å². The molecule has 6 N–H and O–H groups in total. The van der Waals surface area contributed by atoms with Gasteiger partial charge in [-0.15, -0.1) is 0 Å². The van der Waals surface area contributed by atoms with Crippen molar-refractivity contribution in [1.82, 2.24) is 0 Å². The number of aryl methyl sites for hydroxylation is 2. The Morgan fingerprint density at radius 2 is 2.00 bits per heavy atom. The zero-order valence-electron chi connectivity index (χ0n) is 9.45. The first-order chi connectivity index (χ1) is 7.41. The first kappa shape index (κ1) is 12.3.